The molecule has 0 aliphatic heterocycles. The van der Waals surface area contributed by atoms with Crippen LogP contribution in [0.15, 0.2) is 64.9 Å². The summed E-state index contributed by atoms with van der Waals surface area (Å²) in [5, 5.41) is 5.89. The Bertz CT molecular complexity index is 1220. The van der Waals surface area contributed by atoms with E-state index in [1.165, 1.54) is 17.5 Å². The molecule has 0 aliphatic rings. The number of thiazole rings is 1. The maximum atomic E-state index is 12.7. The average Bonchev–Trinajstić information content (AvgIpc) is 3.13. The zero-order valence-corrected chi connectivity index (χ0v) is 15.8. The van der Waals surface area contributed by atoms with Crippen molar-refractivity contribution in [1.29, 1.82) is 0 Å². The summed E-state index contributed by atoms with van der Waals surface area (Å²) < 4.78 is 1.69. The predicted octanol–water partition coefficient (Wildman–Crippen LogP) is 4.57. The first-order valence-electron chi connectivity index (χ1n) is 8.15. The van der Waals surface area contributed by atoms with E-state index in [4.69, 9.17) is 11.6 Å². The molecule has 2 aromatic carbocycles. The summed E-state index contributed by atoms with van der Waals surface area (Å²) in [6, 6.07) is 14.8. The van der Waals surface area contributed by atoms with Gasteiger partial charge in [-0.2, -0.15) is 0 Å². The maximum absolute atomic E-state index is 12.7. The van der Waals surface area contributed by atoms with Crippen LogP contribution in [-0.4, -0.2) is 15.5 Å². The van der Waals surface area contributed by atoms with Gasteiger partial charge in [-0.25, -0.2) is 4.98 Å². The largest absolute Gasteiger partial charge is 0.348 e. The van der Waals surface area contributed by atoms with Crippen LogP contribution in [0.1, 0.15) is 10.4 Å². The average molecular weight is 396 g/mol. The van der Waals surface area contributed by atoms with Gasteiger partial charge < -0.3 is 4.57 Å². The number of fused-ring (bicyclic) bond motifs is 1. The van der Waals surface area contributed by atoms with Crippen LogP contribution in [0.4, 0.5) is 5.13 Å². The summed E-state index contributed by atoms with van der Waals surface area (Å²) in [4.78, 5) is 29.8. The lowest BCUT2D eigenvalue weighted by Crippen LogP contribution is -2.23. The van der Waals surface area contributed by atoms with Crippen LogP contribution in [-0.2, 0) is 7.05 Å². The van der Waals surface area contributed by atoms with E-state index in [9.17, 15) is 9.59 Å². The number of carbonyl (C=O) groups excluding carboxylic acids is 1. The molecule has 4 aromatic rings. The highest BCUT2D eigenvalue weighted by molar-refractivity contribution is 7.14. The zero-order chi connectivity index (χ0) is 19.0. The van der Waals surface area contributed by atoms with Gasteiger partial charge in [0.25, 0.3) is 5.91 Å². The SMILES string of the molecule is Cn1cc(C(=O)Nc2nc(-c3ccccc3)cs2)c(=O)c2cccc(Cl)c21. The van der Waals surface area contributed by atoms with Crippen molar-refractivity contribution in [1.82, 2.24) is 9.55 Å². The lowest BCUT2D eigenvalue weighted by molar-refractivity contribution is 0.102. The summed E-state index contributed by atoms with van der Waals surface area (Å²) in [5.74, 6) is -0.494. The van der Waals surface area contributed by atoms with Crippen LogP contribution < -0.4 is 10.7 Å². The molecule has 0 unspecified atom stereocenters. The van der Waals surface area contributed by atoms with Crippen LogP contribution in [0.2, 0.25) is 5.02 Å². The van der Waals surface area contributed by atoms with E-state index >= 15 is 0 Å². The Morgan fingerprint density at radius 3 is 2.70 bits per heavy atom. The maximum Gasteiger partial charge on any atom is 0.262 e. The Labute approximate surface area is 163 Å². The second-order valence-corrected chi connectivity index (χ2v) is 7.24. The first-order valence-corrected chi connectivity index (χ1v) is 9.40. The second-order valence-electron chi connectivity index (χ2n) is 5.98. The summed E-state index contributed by atoms with van der Waals surface area (Å²) in [5.41, 5.74) is 2.02. The fraction of sp³-hybridized carbons (Fsp3) is 0.0500. The number of nitrogens with one attached hydrogen (secondary N) is 1. The van der Waals surface area contributed by atoms with Crippen LogP contribution >= 0.6 is 22.9 Å². The zero-order valence-electron chi connectivity index (χ0n) is 14.3. The fourth-order valence-corrected chi connectivity index (χ4v) is 3.94. The molecular weight excluding hydrogens is 382 g/mol. The number of hydrogen-bond acceptors (Lipinski definition) is 4. The van der Waals surface area contributed by atoms with Gasteiger partial charge in [0.2, 0.25) is 5.43 Å². The number of amides is 1. The Morgan fingerprint density at radius 2 is 1.93 bits per heavy atom. The van der Waals surface area contributed by atoms with Crippen molar-refractivity contribution in [3.8, 4) is 11.3 Å². The Hall–Kier alpha value is -2.96. The molecular formula is C20H14ClN3O2S. The number of rotatable bonds is 3. The van der Waals surface area contributed by atoms with Crippen molar-refractivity contribution in [2.45, 2.75) is 0 Å². The van der Waals surface area contributed by atoms with Gasteiger partial charge in [0, 0.05) is 29.6 Å². The highest BCUT2D eigenvalue weighted by Gasteiger charge is 2.17. The molecule has 5 nitrogen and oxygen atoms in total. The minimum atomic E-state index is -0.494. The molecule has 27 heavy (non-hydrogen) atoms. The van der Waals surface area contributed by atoms with E-state index in [1.807, 2.05) is 35.7 Å². The third-order valence-electron chi connectivity index (χ3n) is 4.19. The molecule has 0 saturated carbocycles. The number of benzene rings is 2. The summed E-state index contributed by atoms with van der Waals surface area (Å²) in [6.07, 6.45) is 1.50. The van der Waals surface area contributed by atoms with Gasteiger partial charge in [-0.1, -0.05) is 48.0 Å². The van der Waals surface area contributed by atoms with E-state index < -0.39 is 5.91 Å². The van der Waals surface area contributed by atoms with Gasteiger partial charge in [0.1, 0.15) is 5.56 Å². The second kappa shape index (κ2) is 6.98. The summed E-state index contributed by atoms with van der Waals surface area (Å²) in [6.45, 7) is 0. The van der Waals surface area contributed by atoms with Crippen molar-refractivity contribution >= 4 is 44.9 Å². The van der Waals surface area contributed by atoms with Gasteiger partial charge >= 0.3 is 0 Å². The fourth-order valence-electron chi connectivity index (χ4n) is 2.92. The first-order chi connectivity index (χ1) is 13.0. The summed E-state index contributed by atoms with van der Waals surface area (Å²) >= 11 is 7.50. The van der Waals surface area contributed by atoms with Gasteiger partial charge in [-0.15, -0.1) is 11.3 Å². The van der Waals surface area contributed by atoms with E-state index in [-0.39, 0.29) is 11.0 Å². The molecule has 4 rings (SSSR count). The van der Waals surface area contributed by atoms with Crippen molar-refractivity contribution in [3.05, 3.63) is 80.9 Å². The number of carbonyl (C=O) groups is 1. The molecule has 0 atom stereocenters. The van der Waals surface area contributed by atoms with Gasteiger partial charge in [-0.3, -0.25) is 14.9 Å². The Morgan fingerprint density at radius 1 is 1.15 bits per heavy atom. The molecule has 1 N–H and O–H groups in total. The molecule has 0 aliphatic carbocycles. The van der Waals surface area contributed by atoms with Crippen molar-refractivity contribution in [3.63, 3.8) is 0 Å². The van der Waals surface area contributed by atoms with E-state index in [1.54, 1.807) is 29.8 Å². The lowest BCUT2D eigenvalue weighted by Gasteiger charge is -2.10. The number of aromatic nitrogens is 2. The van der Waals surface area contributed by atoms with Gasteiger partial charge in [0.05, 0.1) is 16.2 Å². The highest BCUT2D eigenvalue weighted by Crippen LogP contribution is 2.25. The topological polar surface area (TPSA) is 64.0 Å². The quantitative estimate of drug-likeness (QED) is 0.552. The van der Waals surface area contributed by atoms with Crippen LogP contribution in [0.3, 0.4) is 0 Å². The highest BCUT2D eigenvalue weighted by atomic mass is 35.5. The molecule has 0 fully saturated rings. The molecule has 1 amide bonds. The number of hydrogen-bond donors (Lipinski definition) is 1. The van der Waals surface area contributed by atoms with Crippen molar-refractivity contribution in [2.75, 3.05) is 5.32 Å². The standard InChI is InChI=1S/C20H14ClN3O2S/c1-24-10-14(18(25)13-8-5-9-15(21)17(13)24)19(26)23-20-22-16(11-27-20)12-6-3-2-4-7-12/h2-11H,1H3,(H,22,23,26). The molecule has 0 bridgehead atoms. The van der Waals surface area contributed by atoms with Crippen LogP contribution in [0, 0.1) is 0 Å². The minimum Gasteiger partial charge on any atom is -0.348 e. The van der Waals surface area contributed by atoms with Crippen LogP contribution in [0.5, 0.6) is 0 Å². The summed E-state index contributed by atoms with van der Waals surface area (Å²) in [7, 11) is 1.75. The molecule has 0 spiro atoms. The predicted molar refractivity (Wildman–Crippen MR) is 110 cm³/mol. The van der Waals surface area contributed by atoms with E-state index in [2.05, 4.69) is 10.3 Å². The molecule has 0 saturated heterocycles. The third kappa shape index (κ3) is 3.25. The lowest BCUT2D eigenvalue weighted by atomic mass is 10.1. The Kier molecular flexibility index (Phi) is 4.51. The molecule has 2 heterocycles. The monoisotopic (exact) mass is 395 g/mol. The van der Waals surface area contributed by atoms with Gasteiger partial charge in [0.15, 0.2) is 5.13 Å². The van der Waals surface area contributed by atoms with Crippen molar-refractivity contribution in [2.24, 2.45) is 7.05 Å². The van der Waals surface area contributed by atoms with Crippen molar-refractivity contribution < 1.29 is 4.79 Å². The third-order valence-corrected chi connectivity index (χ3v) is 5.25. The van der Waals surface area contributed by atoms with E-state index in [0.717, 1.165) is 11.3 Å². The van der Waals surface area contributed by atoms with Gasteiger partial charge in [-0.05, 0) is 12.1 Å². The molecule has 7 heteroatoms. The number of pyridine rings is 1. The number of halogens is 1. The van der Waals surface area contributed by atoms with E-state index in [0.29, 0.717) is 21.1 Å². The smallest absolute Gasteiger partial charge is 0.262 e. The number of aryl methyl sites for hydroxylation is 1. The number of nitrogens with zero attached hydrogens (tertiary/aromatic N) is 2. The number of para-hydroxylation sites is 1. The van der Waals surface area contributed by atoms with Crippen LogP contribution in [0.25, 0.3) is 22.2 Å². The Balaban J connectivity index is 1.67. The first kappa shape index (κ1) is 17.5. The molecule has 2 aromatic heterocycles. The minimum absolute atomic E-state index is 0.0451. The normalized spacial score (nSPS) is 10.9. The molecule has 0 radical (unpaired) electrons. The number of anilines is 1. The molecule has 134 valence electrons.